The van der Waals surface area contributed by atoms with E-state index in [9.17, 15) is 9.18 Å². The third-order valence-electron chi connectivity index (χ3n) is 4.56. The molecule has 1 aromatic rings. The van der Waals surface area contributed by atoms with E-state index in [4.69, 9.17) is 0 Å². The van der Waals surface area contributed by atoms with Gasteiger partial charge in [0, 0.05) is 19.6 Å². The highest BCUT2D eigenvalue weighted by Crippen LogP contribution is 2.36. The first-order valence-electron chi connectivity index (χ1n) is 7.20. The van der Waals surface area contributed by atoms with E-state index in [0.717, 1.165) is 39.0 Å². The highest BCUT2D eigenvalue weighted by molar-refractivity contribution is 5.89. The molecule has 2 aliphatic rings. The van der Waals surface area contributed by atoms with Gasteiger partial charge >= 0.3 is 6.03 Å². The number of likely N-dealkylation sites (tertiary alicyclic amines) is 1. The summed E-state index contributed by atoms with van der Waals surface area (Å²) in [5, 5.41) is 6.06. The molecule has 3 rings (SSSR count). The summed E-state index contributed by atoms with van der Waals surface area (Å²) < 4.78 is 13.5. The lowest BCUT2D eigenvalue weighted by Gasteiger charge is -2.38. The van der Waals surface area contributed by atoms with Gasteiger partial charge in [-0.1, -0.05) is 12.1 Å². The van der Waals surface area contributed by atoms with E-state index in [1.54, 1.807) is 23.1 Å². The molecule has 1 aromatic carbocycles. The zero-order valence-corrected chi connectivity index (χ0v) is 12.7. The molecule has 1 spiro atoms. The number of carbonyl (C=O) groups is 1. The number of rotatable bonds is 1. The monoisotopic (exact) mass is 313 g/mol. The zero-order chi connectivity index (χ0) is 14.0. The Bertz CT molecular complexity index is 495. The molecule has 2 amide bonds. The summed E-state index contributed by atoms with van der Waals surface area (Å²) in [4.78, 5) is 13.9. The van der Waals surface area contributed by atoms with Crippen LogP contribution in [0.4, 0.5) is 14.9 Å². The number of nitrogens with zero attached hydrogens (tertiary/aromatic N) is 1. The maximum absolute atomic E-state index is 13.5. The zero-order valence-electron chi connectivity index (χ0n) is 11.9. The van der Waals surface area contributed by atoms with E-state index in [1.165, 1.54) is 12.5 Å². The Hall–Kier alpha value is -1.33. The summed E-state index contributed by atoms with van der Waals surface area (Å²) in [6.45, 7) is 3.65. The lowest BCUT2D eigenvalue weighted by Crippen LogP contribution is -2.45. The fourth-order valence-electron chi connectivity index (χ4n) is 3.16. The van der Waals surface area contributed by atoms with Gasteiger partial charge in [0.15, 0.2) is 0 Å². The van der Waals surface area contributed by atoms with Gasteiger partial charge in [-0.05, 0) is 43.4 Å². The second kappa shape index (κ2) is 6.62. The molecule has 4 nitrogen and oxygen atoms in total. The molecule has 116 valence electrons. The van der Waals surface area contributed by atoms with Gasteiger partial charge in [-0.15, -0.1) is 12.4 Å². The molecule has 2 heterocycles. The molecular formula is C15H21ClFN3O. The Morgan fingerprint density at radius 3 is 2.57 bits per heavy atom. The second-order valence-electron chi connectivity index (χ2n) is 5.82. The Kier molecular flexibility index (Phi) is 5.06. The normalized spacial score (nSPS) is 20.1. The average molecular weight is 314 g/mol. The number of amides is 2. The first-order chi connectivity index (χ1) is 9.69. The number of carbonyl (C=O) groups excluding carboxylic acids is 1. The van der Waals surface area contributed by atoms with E-state index < -0.39 is 5.82 Å². The van der Waals surface area contributed by atoms with Crippen molar-refractivity contribution in [2.45, 2.75) is 19.3 Å². The van der Waals surface area contributed by atoms with Crippen molar-refractivity contribution in [2.24, 2.45) is 5.41 Å². The highest BCUT2D eigenvalue weighted by atomic mass is 35.5. The van der Waals surface area contributed by atoms with Crippen molar-refractivity contribution in [2.75, 3.05) is 31.5 Å². The van der Waals surface area contributed by atoms with Crippen molar-refractivity contribution in [3.8, 4) is 0 Å². The summed E-state index contributed by atoms with van der Waals surface area (Å²) in [5.41, 5.74) is 0.634. The maximum atomic E-state index is 13.5. The van der Waals surface area contributed by atoms with E-state index in [1.807, 2.05) is 0 Å². The van der Waals surface area contributed by atoms with Crippen LogP contribution in [0, 0.1) is 11.2 Å². The van der Waals surface area contributed by atoms with E-state index in [0.29, 0.717) is 5.41 Å². The second-order valence-corrected chi connectivity index (χ2v) is 5.82. The third-order valence-corrected chi connectivity index (χ3v) is 4.56. The van der Waals surface area contributed by atoms with Crippen molar-refractivity contribution < 1.29 is 9.18 Å². The summed E-state index contributed by atoms with van der Waals surface area (Å²) in [6.07, 6.45) is 3.27. The molecule has 6 heteroatoms. The molecule has 2 N–H and O–H groups in total. The largest absolute Gasteiger partial charge is 0.324 e. The van der Waals surface area contributed by atoms with Crippen LogP contribution in [-0.2, 0) is 0 Å². The van der Waals surface area contributed by atoms with Crippen LogP contribution >= 0.6 is 12.4 Å². The van der Waals surface area contributed by atoms with Gasteiger partial charge in [0.25, 0.3) is 0 Å². The van der Waals surface area contributed by atoms with Gasteiger partial charge in [0.1, 0.15) is 5.82 Å². The molecule has 0 atom stereocenters. The van der Waals surface area contributed by atoms with Crippen LogP contribution < -0.4 is 10.6 Å². The van der Waals surface area contributed by atoms with Crippen LogP contribution in [0.5, 0.6) is 0 Å². The standard InChI is InChI=1S/C15H20FN3O.ClH/c16-12-3-1-2-4-13(12)18-14(20)19-9-6-15(7-10-19)5-8-17-11-15;/h1-4,17H,5-11H2,(H,18,20);1H. The van der Waals surface area contributed by atoms with Crippen molar-refractivity contribution >= 4 is 24.1 Å². The topological polar surface area (TPSA) is 44.4 Å². The molecule has 2 aliphatic heterocycles. The Balaban J connectivity index is 0.00000161. The number of hydrogen-bond donors (Lipinski definition) is 2. The number of nitrogens with one attached hydrogen (secondary N) is 2. The first kappa shape index (κ1) is 16.0. The average Bonchev–Trinajstić information content (AvgIpc) is 2.90. The predicted molar refractivity (Wildman–Crippen MR) is 83.4 cm³/mol. The minimum Gasteiger partial charge on any atom is -0.324 e. The van der Waals surface area contributed by atoms with Crippen molar-refractivity contribution in [3.63, 3.8) is 0 Å². The minimum absolute atomic E-state index is 0. The van der Waals surface area contributed by atoms with Crippen LogP contribution in [0.2, 0.25) is 0 Å². The summed E-state index contributed by atoms with van der Waals surface area (Å²) in [5.74, 6) is -0.394. The quantitative estimate of drug-likeness (QED) is 0.837. The Morgan fingerprint density at radius 1 is 1.24 bits per heavy atom. The number of benzene rings is 1. The van der Waals surface area contributed by atoms with Crippen molar-refractivity contribution in [1.29, 1.82) is 0 Å². The molecule has 0 bridgehead atoms. The van der Waals surface area contributed by atoms with Gasteiger partial charge in [0.2, 0.25) is 0 Å². The van der Waals surface area contributed by atoms with Crippen LogP contribution in [-0.4, -0.2) is 37.1 Å². The summed E-state index contributed by atoms with van der Waals surface area (Å²) in [6, 6.07) is 6.07. The number of anilines is 1. The Morgan fingerprint density at radius 2 is 1.95 bits per heavy atom. The predicted octanol–water partition coefficient (Wildman–Crippen LogP) is 2.85. The number of para-hydroxylation sites is 1. The van der Waals surface area contributed by atoms with Gasteiger partial charge < -0.3 is 15.5 Å². The Labute approximate surface area is 130 Å². The minimum atomic E-state index is -0.394. The first-order valence-corrected chi connectivity index (χ1v) is 7.20. The number of piperidine rings is 1. The fraction of sp³-hybridized carbons (Fsp3) is 0.533. The lowest BCUT2D eigenvalue weighted by molar-refractivity contribution is 0.137. The van der Waals surface area contributed by atoms with E-state index in [2.05, 4.69) is 10.6 Å². The van der Waals surface area contributed by atoms with Crippen LogP contribution in [0.25, 0.3) is 0 Å². The summed E-state index contributed by atoms with van der Waals surface area (Å²) >= 11 is 0. The van der Waals surface area contributed by atoms with E-state index in [-0.39, 0.29) is 24.1 Å². The molecule has 0 saturated carbocycles. The molecule has 0 unspecified atom stereocenters. The molecule has 2 saturated heterocycles. The van der Waals surface area contributed by atoms with Gasteiger partial charge in [-0.2, -0.15) is 0 Å². The SMILES string of the molecule is Cl.O=C(Nc1ccccc1F)N1CCC2(CCNC2)CC1. The van der Waals surface area contributed by atoms with Crippen LogP contribution in [0.15, 0.2) is 24.3 Å². The lowest BCUT2D eigenvalue weighted by atomic mass is 9.78. The molecule has 21 heavy (non-hydrogen) atoms. The van der Waals surface area contributed by atoms with Crippen molar-refractivity contribution in [1.82, 2.24) is 10.2 Å². The molecule has 0 aromatic heterocycles. The molecule has 2 fully saturated rings. The third kappa shape index (κ3) is 3.47. The molecule has 0 aliphatic carbocycles. The fourth-order valence-corrected chi connectivity index (χ4v) is 3.16. The van der Waals surface area contributed by atoms with Crippen LogP contribution in [0.1, 0.15) is 19.3 Å². The smallest absolute Gasteiger partial charge is 0.321 e. The highest BCUT2D eigenvalue weighted by Gasteiger charge is 2.38. The number of halogens is 2. The van der Waals surface area contributed by atoms with Crippen molar-refractivity contribution in [3.05, 3.63) is 30.1 Å². The van der Waals surface area contributed by atoms with Crippen LogP contribution in [0.3, 0.4) is 0 Å². The maximum Gasteiger partial charge on any atom is 0.321 e. The van der Waals surface area contributed by atoms with Gasteiger partial charge in [-0.3, -0.25) is 0 Å². The van der Waals surface area contributed by atoms with Gasteiger partial charge in [0.05, 0.1) is 5.69 Å². The molecule has 0 radical (unpaired) electrons. The van der Waals surface area contributed by atoms with Gasteiger partial charge in [-0.25, -0.2) is 9.18 Å². The molecular weight excluding hydrogens is 293 g/mol. The number of hydrogen-bond acceptors (Lipinski definition) is 2. The van der Waals surface area contributed by atoms with E-state index >= 15 is 0 Å². The number of urea groups is 1. The summed E-state index contributed by atoms with van der Waals surface area (Å²) in [7, 11) is 0.